The summed E-state index contributed by atoms with van der Waals surface area (Å²) in [5.74, 6) is 0.491. The maximum Gasteiger partial charge on any atom is 0.0572 e. The molecule has 2 aliphatic heterocycles. The smallest absolute Gasteiger partial charge is 0.0572 e. The molecule has 2 heteroatoms. The van der Waals surface area contributed by atoms with Gasteiger partial charge in [0, 0.05) is 24.0 Å². The van der Waals surface area contributed by atoms with Gasteiger partial charge in [-0.25, -0.2) is 0 Å². The lowest BCUT2D eigenvalue weighted by molar-refractivity contribution is 0.667. The van der Waals surface area contributed by atoms with Crippen LogP contribution in [0.15, 0.2) is 29.0 Å². The zero-order valence-corrected chi connectivity index (χ0v) is 5.91. The van der Waals surface area contributed by atoms with E-state index in [9.17, 15) is 0 Å². The quantitative estimate of drug-likeness (QED) is 0.526. The number of aliphatic imine (C=N–C) groups is 1. The van der Waals surface area contributed by atoms with Crippen LogP contribution in [0.2, 0.25) is 0 Å². The van der Waals surface area contributed by atoms with Crippen LogP contribution in [-0.2, 0) is 0 Å². The van der Waals surface area contributed by atoms with Crippen LogP contribution < -0.4 is 5.32 Å². The Hall–Kier alpha value is -1.05. The number of rotatable bonds is 0. The van der Waals surface area contributed by atoms with Gasteiger partial charge in [0.2, 0.25) is 0 Å². The first-order chi connectivity index (χ1) is 4.86. The van der Waals surface area contributed by atoms with Crippen molar-refractivity contribution >= 4 is 6.21 Å². The monoisotopic (exact) mass is 134 g/mol. The van der Waals surface area contributed by atoms with Crippen LogP contribution in [0.3, 0.4) is 0 Å². The predicted molar refractivity (Wildman–Crippen MR) is 41.8 cm³/mol. The molecule has 10 heavy (non-hydrogen) atoms. The van der Waals surface area contributed by atoms with Gasteiger partial charge >= 0.3 is 0 Å². The molecule has 0 aliphatic carbocycles. The van der Waals surface area contributed by atoms with Crippen LogP contribution in [-0.4, -0.2) is 12.3 Å². The normalized spacial score (nSPS) is 35.1. The van der Waals surface area contributed by atoms with E-state index < -0.39 is 0 Å². The lowest BCUT2D eigenvalue weighted by Gasteiger charge is -2.14. The van der Waals surface area contributed by atoms with Crippen molar-refractivity contribution in [2.45, 2.75) is 13.0 Å². The van der Waals surface area contributed by atoms with Gasteiger partial charge in [-0.05, 0) is 13.0 Å². The fraction of sp³-hybridized carbons (Fsp3) is 0.375. The van der Waals surface area contributed by atoms with E-state index in [-0.39, 0.29) is 0 Å². The van der Waals surface area contributed by atoms with Gasteiger partial charge in [-0.3, -0.25) is 4.99 Å². The van der Waals surface area contributed by atoms with Crippen LogP contribution in [0.1, 0.15) is 6.92 Å². The molecule has 0 saturated heterocycles. The minimum atomic E-state index is 0.470. The van der Waals surface area contributed by atoms with Crippen molar-refractivity contribution in [1.82, 2.24) is 5.32 Å². The Balaban J connectivity index is 2.24. The molecular formula is C8H10N2. The van der Waals surface area contributed by atoms with Crippen LogP contribution in [0.25, 0.3) is 0 Å². The Labute approximate surface area is 60.3 Å². The summed E-state index contributed by atoms with van der Waals surface area (Å²) in [6, 6.07) is 0.470. The summed E-state index contributed by atoms with van der Waals surface area (Å²) in [6.45, 7) is 2.08. The van der Waals surface area contributed by atoms with Crippen molar-refractivity contribution in [1.29, 1.82) is 0 Å². The van der Waals surface area contributed by atoms with E-state index in [1.54, 1.807) is 0 Å². The molecule has 0 aromatic carbocycles. The highest BCUT2D eigenvalue weighted by molar-refractivity contribution is 5.68. The molecular weight excluding hydrogens is 124 g/mol. The Morgan fingerprint density at radius 2 is 2.50 bits per heavy atom. The summed E-state index contributed by atoms with van der Waals surface area (Å²) in [5, 5.41) is 3.34. The van der Waals surface area contributed by atoms with E-state index in [2.05, 4.69) is 29.4 Å². The number of hydrogen-bond acceptors (Lipinski definition) is 2. The van der Waals surface area contributed by atoms with Crippen molar-refractivity contribution in [3.8, 4) is 0 Å². The van der Waals surface area contributed by atoms with Gasteiger partial charge in [0.25, 0.3) is 0 Å². The predicted octanol–water partition coefficient (Wildman–Crippen LogP) is 1.08. The number of nitrogens with one attached hydrogen (secondary N) is 1. The molecule has 2 heterocycles. The number of nitrogens with zero attached hydrogens (tertiary/aromatic N) is 1. The molecule has 0 aromatic rings. The molecule has 2 atom stereocenters. The lowest BCUT2D eigenvalue weighted by Crippen LogP contribution is -2.27. The van der Waals surface area contributed by atoms with Gasteiger partial charge in [-0.2, -0.15) is 0 Å². The van der Waals surface area contributed by atoms with Crippen LogP contribution >= 0.6 is 0 Å². The molecule has 0 bridgehead atoms. The third-order valence-corrected chi connectivity index (χ3v) is 1.89. The van der Waals surface area contributed by atoms with E-state index >= 15 is 0 Å². The minimum absolute atomic E-state index is 0.470. The number of fused-ring (bicyclic) bond motifs is 1. The molecule has 0 radical (unpaired) electrons. The van der Waals surface area contributed by atoms with Crippen molar-refractivity contribution in [3.63, 3.8) is 0 Å². The second-order valence-corrected chi connectivity index (χ2v) is 2.74. The van der Waals surface area contributed by atoms with E-state index in [1.807, 2.05) is 12.4 Å². The highest BCUT2D eigenvalue weighted by Gasteiger charge is 2.22. The van der Waals surface area contributed by atoms with Crippen molar-refractivity contribution < 1.29 is 0 Å². The standard InChI is InChI=1S/C8H10N2/c1-6-4-7-5-9-3-2-8(7)10-6/h2-5,7-8,10H,1H3. The molecule has 2 aliphatic rings. The third kappa shape index (κ3) is 0.764. The first-order valence-electron chi connectivity index (χ1n) is 3.51. The Bertz CT molecular complexity index is 225. The molecule has 52 valence electrons. The topological polar surface area (TPSA) is 24.4 Å². The van der Waals surface area contributed by atoms with E-state index in [4.69, 9.17) is 0 Å². The van der Waals surface area contributed by atoms with Gasteiger partial charge in [-0.1, -0.05) is 6.08 Å². The Morgan fingerprint density at radius 3 is 3.30 bits per heavy atom. The summed E-state index contributed by atoms with van der Waals surface area (Å²) in [6.07, 6.45) is 8.13. The molecule has 0 aromatic heterocycles. The van der Waals surface area contributed by atoms with Gasteiger partial charge in [-0.15, -0.1) is 0 Å². The van der Waals surface area contributed by atoms with Crippen molar-refractivity contribution in [3.05, 3.63) is 24.0 Å². The molecule has 0 amide bonds. The van der Waals surface area contributed by atoms with Gasteiger partial charge in [0.05, 0.1) is 6.04 Å². The zero-order valence-electron chi connectivity index (χ0n) is 5.91. The number of hydrogen-bond donors (Lipinski definition) is 1. The largest absolute Gasteiger partial charge is 0.382 e. The first-order valence-corrected chi connectivity index (χ1v) is 3.51. The summed E-state index contributed by atoms with van der Waals surface area (Å²) >= 11 is 0. The molecule has 0 saturated carbocycles. The van der Waals surface area contributed by atoms with E-state index in [0.29, 0.717) is 12.0 Å². The lowest BCUT2D eigenvalue weighted by atomic mass is 10.0. The molecule has 2 unspecified atom stereocenters. The van der Waals surface area contributed by atoms with Gasteiger partial charge < -0.3 is 5.32 Å². The van der Waals surface area contributed by atoms with Gasteiger partial charge in [0.15, 0.2) is 0 Å². The fourth-order valence-corrected chi connectivity index (χ4v) is 1.40. The Kier molecular flexibility index (Phi) is 1.13. The first kappa shape index (κ1) is 5.71. The molecule has 2 nitrogen and oxygen atoms in total. The Morgan fingerprint density at radius 1 is 1.60 bits per heavy atom. The second-order valence-electron chi connectivity index (χ2n) is 2.74. The summed E-state index contributed by atoms with van der Waals surface area (Å²) in [5.41, 5.74) is 1.26. The SMILES string of the molecule is CC1=CC2C=NC=CC2N1. The molecule has 2 rings (SSSR count). The average Bonchev–Trinajstić information content (AvgIpc) is 2.27. The van der Waals surface area contributed by atoms with E-state index in [1.165, 1.54) is 5.70 Å². The maximum absolute atomic E-state index is 4.06. The fourth-order valence-electron chi connectivity index (χ4n) is 1.40. The van der Waals surface area contributed by atoms with Crippen molar-refractivity contribution in [2.24, 2.45) is 10.9 Å². The zero-order chi connectivity index (χ0) is 6.97. The van der Waals surface area contributed by atoms with Crippen molar-refractivity contribution in [2.75, 3.05) is 0 Å². The van der Waals surface area contributed by atoms with Crippen LogP contribution in [0, 0.1) is 5.92 Å². The minimum Gasteiger partial charge on any atom is -0.382 e. The van der Waals surface area contributed by atoms with Crippen LogP contribution in [0.4, 0.5) is 0 Å². The molecule has 0 fully saturated rings. The second kappa shape index (κ2) is 1.97. The summed E-state index contributed by atoms with van der Waals surface area (Å²) in [7, 11) is 0. The molecule has 1 N–H and O–H groups in total. The average molecular weight is 134 g/mol. The van der Waals surface area contributed by atoms with Gasteiger partial charge in [0.1, 0.15) is 0 Å². The molecule has 0 spiro atoms. The number of allylic oxidation sites excluding steroid dienone is 1. The summed E-state index contributed by atoms with van der Waals surface area (Å²) in [4.78, 5) is 4.06. The summed E-state index contributed by atoms with van der Waals surface area (Å²) < 4.78 is 0. The maximum atomic E-state index is 4.06. The van der Waals surface area contributed by atoms with E-state index in [0.717, 1.165) is 0 Å². The highest BCUT2D eigenvalue weighted by Crippen LogP contribution is 2.18. The van der Waals surface area contributed by atoms with Crippen LogP contribution in [0.5, 0.6) is 0 Å². The highest BCUT2D eigenvalue weighted by atomic mass is 15.0. The third-order valence-electron chi connectivity index (χ3n) is 1.89.